The molecule has 2 amide bonds. The zero-order valence-electron chi connectivity index (χ0n) is 10.5. The van der Waals surface area contributed by atoms with Crippen molar-refractivity contribution in [2.24, 2.45) is 5.73 Å². The molecule has 0 aliphatic heterocycles. The molecule has 0 heterocycles. The minimum atomic E-state index is -0.644. The van der Waals surface area contributed by atoms with Gasteiger partial charge in [-0.25, -0.2) is 4.79 Å². The molecule has 5 heteroatoms. The van der Waals surface area contributed by atoms with Crippen LogP contribution in [0.15, 0.2) is 0 Å². The maximum absolute atomic E-state index is 11.4. The van der Waals surface area contributed by atoms with Gasteiger partial charge in [0.25, 0.3) is 0 Å². The molecular formula is C11H22N2O3. The Bertz CT molecular complexity index is 246. The number of ether oxygens (including phenoxy) is 1. The van der Waals surface area contributed by atoms with Crippen molar-refractivity contribution in [3.05, 3.63) is 0 Å². The van der Waals surface area contributed by atoms with E-state index in [1.54, 1.807) is 20.8 Å². The largest absolute Gasteiger partial charge is 0.444 e. The van der Waals surface area contributed by atoms with E-state index in [2.05, 4.69) is 5.32 Å². The highest BCUT2D eigenvalue weighted by Crippen LogP contribution is 2.08. The summed E-state index contributed by atoms with van der Waals surface area (Å²) in [5.74, 6) is -0.528. The van der Waals surface area contributed by atoms with Crippen LogP contribution in [0.1, 0.15) is 47.0 Å². The van der Waals surface area contributed by atoms with E-state index in [4.69, 9.17) is 10.5 Å². The van der Waals surface area contributed by atoms with Crippen LogP contribution in [0.4, 0.5) is 4.79 Å². The molecule has 0 aliphatic rings. The minimum Gasteiger partial charge on any atom is -0.444 e. The first kappa shape index (κ1) is 14.7. The lowest BCUT2D eigenvalue weighted by Gasteiger charge is -2.22. The van der Waals surface area contributed by atoms with E-state index in [1.165, 1.54) is 0 Å². The number of carbonyl (C=O) groups is 2. The number of carbonyl (C=O) groups excluding carboxylic acids is 2. The molecule has 0 fully saturated rings. The Hall–Kier alpha value is -1.26. The third-order valence-corrected chi connectivity index (χ3v) is 1.88. The number of hydrogen-bond donors (Lipinski definition) is 2. The first-order chi connectivity index (χ1) is 7.26. The number of nitrogens with one attached hydrogen (secondary N) is 1. The molecule has 0 saturated carbocycles. The van der Waals surface area contributed by atoms with Crippen molar-refractivity contribution in [2.75, 3.05) is 0 Å². The van der Waals surface area contributed by atoms with Gasteiger partial charge in [-0.2, -0.15) is 0 Å². The average Bonchev–Trinajstić information content (AvgIpc) is 2.08. The van der Waals surface area contributed by atoms with Crippen molar-refractivity contribution >= 4 is 12.0 Å². The van der Waals surface area contributed by atoms with Crippen molar-refractivity contribution < 1.29 is 14.3 Å². The van der Waals surface area contributed by atoms with Crippen LogP contribution in [0.5, 0.6) is 0 Å². The molecular weight excluding hydrogens is 208 g/mol. The minimum absolute atomic E-state index is 0.528. The maximum atomic E-state index is 11.4. The fraction of sp³-hybridized carbons (Fsp3) is 0.818. The number of nitrogens with two attached hydrogens (primary N) is 1. The summed E-state index contributed by atoms with van der Waals surface area (Å²) < 4.78 is 5.04. The third-order valence-electron chi connectivity index (χ3n) is 1.88. The van der Waals surface area contributed by atoms with Crippen LogP contribution in [0.25, 0.3) is 0 Å². The van der Waals surface area contributed by atoms with E-state index in [1.807, 2.05) is 6.92 Å². The lowest BCUT2D eigenvalue weighted by atomic mass is 10.1. The smallest absolute Gasteiger partial charge is 0.408 e. The van der Waals surface area contributed by atoms with E-state index in [0.717, 1.165) is 12.8 Å². The van der Waals surface area contributed by atoms with E-state index < -0.39 is 23.6 Å². The fourth-order valence-electron chi connectivity index (χ4n) is 1.14. The van der Waals surface area contributed by atoms with E-state index in [0.29, 0.717) is 6.42 Å². The molecule has 0 aliphatic carbocycles. The molecule has 0 spiro atoms. The molecule has 0 rings (SSSR count). The second kappa shape index (κ2) is 6.35. The lowest BCUT2D eigenvalue weighted by Crippen LogP contribution is -2.46. The van der Waals surface area contributed by atoms with Gasteiger partial charge in [0.1, 0.15) is 11.6 Å². The first-order valence-corrected chi connectivity index (χ1v) is 5.55. The Morgan fingerprint density at radius 1 is 1.38 bits per heavy atom. The van der Waals surface area contributed by atoms with Crippen molar-refractivity contribution in [3.8, 4) is 0 Å². The van der Waals surface area contributed by atoms with Gasteiger partial charge in [0, 0.05) is 0 Å². The van der Waals surface area contributed by atoms with E-state index >= 15 is 0 Å². The zero-order valence-corrected chi connectivity index (χ0v) is 10.5. The molecule has 1 atom stereocenters. The van der Waals surface area contributed by atoms with Crippen molar-refractivity contribution in [2.45, 2.75) is 58.6 Å². The first-order valence-electron chi connectivity index (χ1n) is 5.55. The number of rotatable bonds is 5. The summed E-state index contributed by atoms with van der Waals surface area (Å²) in [6, 6.07) is -0.644. The summed E-state index contributed by atoms with van der Waals surface area (Å²) in [7, 11) is 0. The summed E-state index contributed by atoms with van der Waals surface area (Å²) in [5, 5.41) is 2.47. The Kier molecular flexibility index (Phi) is 5.85. The second-order valence-corrected chi connectivity index (χ2v) is 4.74. The molecule has 0 bridgehead atoms. The third kappa shape index (κ3) is 7.09. The summed E-state index contributed by atoms with van der Waals surface area (Å²) in [5.41, 5.74) is 4.61. The van der Waals surface area contributed by atoms with Gasteiger partial charge >= 0.3 is 6.09 Å². The summed E-state index contributed by atoms with van der Waals surface area (Å²) in [4.78, 5) is 22.5. The van der Waals surface area contributed by atoms with Gasteiger partial charge in [-0.3, -0.25) is 4.79 Å². The van der Waals surface area contributed by atoms with Gasteiger partial charge in [-0.1, -0.05) is 19.8 Å². The highest BCUT2D eigenvalue weighted by molar-refractivity contribution is 5.84. The van der Waals surface area contributed by atoms with Crippen molar-refractivity contribution in [1.82, 2.24) is 5.32 Å². The molecule has 0 radical (unpaired) electrons. The Labute approximate surface area is 96.7 Å². The molecule has 0 aromatic heterocycles. The van der Waals surface area contributed by atoms with Gasteiger partial charge in [-0.15, -0.1) is 0 Å². The van der Waals surface area contributed by atoms with Crippen LogP contribution < -0.4 is 11.1 Å². The molecule has 94 valence electrons. The predicted octanol–water partition coefficient (Wildman–Crippen LogP) is 1.56. The molecule has 16 heavy (non-hydrogen) atoms. The summed E-state index contributed by atoms with van der Waals surface area (Å²) >= 11 is 0. The van der Waals surface area contributed by atoms with Crippen molar-refractivity contribution in [1.29, 1.82) is 0 Å². The van der Waals surface area contributed by atoms with Gasteiger partial charge in [0.05, 0.1) is 0 Å². The standard InChI is InChI=1S/C11H22N2O3/c1-5-6-7-8(9(12)14)13-10(15)16-11(2,3)4/h8H,5-7H2,1-4H3,(H2,12,14)(H,13,15). The maximum Gasteiger partial charge on any atom is 0.408 e. The van der Waals surface area contributed by atoms with Crippen LogP contribution >= 0.6 is 0 Å². The summed E-state index contributed by atoms with van der Waals surface area (Å²) in [6.45, 7) is 7.29. The normalized spacial score (nSPS) is 13.0. The highest BCUT2D eigenvalue weighted by atomic mass is 16.6. The number of unbranched alkanes of at least 4 members (excludes halogenated alkanes) is 1. The van der Waals surface area contributed by atoms with Crippen LogP contribution in [0.2, 0.25) is 0 Å². The monoisotopic (exact) mass is 230 g/mol. The number of hydrogen-bond acceptors (Lipinski definition) is 3. The Morgan fingerprint density at radius 3 is 2.31 bits per heavy atom. The molecule has 0 aromatic carbocycles. The van der Waals surface area contributed by atoms with Crippen LogP contribution in [-0.2, 0) is 9.53 Å². The van der Waals surface area contributed by atoms with Gasteiger partial charge < -0.3 is 15.8 Å². The zero-order chi connectivity index (χ0) is 12.8. The molecule has 3 N–H and O–H groups in total. The molecule has 1 unspecified atom stereocenters. The fourth-order valence-corrected chi connectivity index (χ4v) is 1.14. The quantitative estimate of drug-likeness (QED) is 0.752. The SMILES string of the molecule is CCCCC(NC(=O)OC(C)(C)C)C(N)=O. The van der Waals surface area contributed by atoms with E-state index in [9.17, 15) is 9.59 Å². The highest BCUT2D eigenvalue weighted by Gasteiger charge is 2.21. The van der Waals surface area contributed by atoms with Gasteiger partial charge in [0.15, 0.2) is 0 Å². The summed E-state index contributed by atoms with van der Waals surface area (Å²) in [6.07, 6.45) is 1.72. The molecule has 0 aromatic rings. The average molecular weight is 230 g/mol. The van der Waals surface area contributed by atoms with E-state index in [-0.39, 0.29) is 0 Å². The van der Waals surface area contributed by atoms with Crippen LogP contribution in [0.3, 0.4) is 0 Å². The number of amides is 2. The Balaban J connectivity index is 4.19. The lowest BCUT2D eigenvalue weighted by molar-refractivity contribution is -0.120. The van der Waals surface area contributed by atoms with Crippen LogP contribution in [0, 0.1) is 0 Å². The molecule has 0 saturated heterocycles. The second-order valence-electron chi connectivity index (χ2n) is 4.74. The number of primary amides is 1. The van der Waals surface area contributed by atoms with Gasteiger partial charge in [0.2, 0.25) is 5.91 Å². The van der Waals surface area contributed by atoms with Crippen molar-refractivity contribution in [3.63, 3.8) is 0 Å². The Morgan fingerprint density at radius 2 is 1.94 bits per heavy atom. The predicted molar refractivity (Wildman–Crippen MR) is 61.9 cm³/mol. The topological polar surface area (TPSA) is 81.4 Å². The number of alkyl carbamates (subject to hydrolysis) is 1. The van der Waals surface area contributed by atoms with Crippen LogP contribution in [-0.4, -0.2) is 23.6 Å². The molecule has 5 nitrogen and oxygen atoms in total. The van der Waals surface area contributed by atoms with Gasteiger partial charge in [-0.05, 0) is 27.2 Å².